The second-order valence-electron chi connectivity index (χ2n) is 3.56. The number of nitrogens with one attached hydrogen (secondary N) is 1. The first-order valence-corrected chi connectivity index (χ1v) is 6.61. The summed E-state index contributed by atoms with van der Waals surface area (Å²) in [7, 11) is -2.88. The number of carbonyl (C=O) groups is 1. The number of rotatable bonds is 4. The molecule has 0 unspecified atom stereocenters. The van der Waals surface area contributed by atoms with Gasteiger partial charge < -0.3 is 11.1 Å². The molecule has 0 aliphatic carbocycles. The summed E-state index contributed by atoms with van der Waals surface area (Å²) in [5.74, 6) is -3.73. The summed E-state index contributed by atoms with van der Waals surface area (Å²) < 4.78 is 50.2. The minimum atomic E-state index is -4.21. The van der Waals surface area contributed by atoms with Gasteiger partial charge in [0.15, 0.2) is 9.84 Å². The lowest BCUT2D eigenvalue weighted by atomic mass is 10.3. The topological polar surface area (TPSA) is 89.3 Å². The van der Waals surface area contributed by atoms with Gasteiger partial charge in [0.2, 0.25) is 5.91 Å². The number of nitrogen functional groups attached to an aromatic ring is 1. The maximum absolute atomic E-state index is 13.4. The van der Waals surface area contributed by atoms with Gasteiger partial charge in [0.1, 0.15) is 16.5 Å². The van der Waals surface area contributed by atoms with Crippen molar-refractivity contribution in [3.05, 3.63) is 23.8 Å². The molecule has 0 heterocycles. The molecule has 1 aromatic carbocycles. The van der Waals surface area contributed by atoms with Gasteiger partial charge in [-0.3, -0.25) is 4.79 Å². The number of hydrogen-bond acceptors (Lipinski definition) is 4. The van der Waals surface area contributed by atoms with Gasteiger partial charge in [0, 0.05) is 19.2 Å². The first kappa shape index (κ1) is 14.4. The van der Waals surface area contributed by atoms with E-state index in [1.807, 2.05) is 0 Å². The molecule has 18 heavy (non-hydrogen) atoms. The fourth-order valence-corrected chi connectivity index (χ4v) is 2.70. The molecule has 0 radical (unpaired) electrons. The summed E-state index contributed by atoms with van der Waals surface area (Å²) in [6, 6.07) is 1.44. The van der Waals surface area contributed by atoms with E-state index in [0.717, 1.165) is 12.1 Å². The molecular weight excluding hydrogens is 266 g/mol. The molecule has 0 saturated carbocycles. The fourth-order valence-electron chi connectivity index (χ4n) is 1.33. The highest BCUT2D eigenvalue weighted by Crippen LogP contribution is 2.23. The van der Waals surface area contributed by atoms with E-state index < -0.39 is 38.0 Å². The van der Waals surface area contributed by atoms with Crippen LogP contribution in [0.4, 0.5) is 14.5 Å². The number of sulfone groups is 1. The molecule has 0 atom stereocenters. The van der Waals surface area contributed by atoms with Crippen molar-refractivity contribution in [2.75, 3.05) is 18.5 Å². The molecule has 0 bridgehead atoms. The van der Waals surface area contributed by atoms with Crippen LogP contribution in [0.2, 0.25) is 0 Å². The second kappa shape index (κ2) is 5.30. The van der Waals surface area contributed by atoms with Gasteiger partial charge in [-0.1, -0.05) is 0 Å². The Bertz CT molecular complexity index is 549. The zero-order valence-corrected chi connectivity index (χ0v) is 10.4. The van der Waals surface area contributed by atoms with Crippen molar-refractivity contribution >= 4 is 21.4 Å². The third kappa shape index (κ3) is 3.16. The average molecular weight is 278 g/mol. The number of anilines is 1. The van der Waals surface area contributed by atoms with Crippen LogP contribution in [0.3, 0.4) is 0 Å². The lowest BCUT2D eigenvalue weighted by Gasteiger charge is -2.07. The van der Waals surface area contributed by atoms with E-state index in [2.05, 4.69) is 5.32 Å². The van der Waals surface area contributed by atoms with Gasteiger partial charge in [-0.05, 0) is 12.1 Å². The summed E-state index contributed by atoms with van der Waals surface area (Å²) in [5.41, 5.74) is 4.96. The summed E-state index contributed by atoms with van der Waals surface area (Å²) >= 11 is 0. The molecule has 1 rings (SSSR count). The maximum atomic E-state index is 13.4. The highest BCUT2D eigenvalue weighted by atomic mass is 32.2. The molecule has 3 N–H and O–H groups in total. The van der Waals surface area contributed by atoms with Gasteiger partial charge in [-0.2, -0.15) is 0 Å². The largest absolute Gasteiger partial charge is 0.399 e. The number of halogens is 2. The van der Waals surface area contributed by atoms with Crippen molar-refractivity contribution in [3.63, 3.8) is 0 Å². The highest BCUT2D eigenvalue weighted by Gasteiger charge is 2.25. The van der Waals surface area contributed by atoms with Crippen molar-refractivity contribution in [3.8, 4) is 0 Å². The minimum Gasteiger partial charge on any atom is -0.399 e. The Balaban J connectivity index is 3.10. The first-order valence-electron chi connectivity index (χ1n) is 4.96. The van der Waals surface area contributed by atoms with Crippen LogP contribution in [0.15, 0.2) is 17.0 Å². The van der Waals surface area contributed by atoms with Gasteiger partial charge >= 0.3 is 0 Å². The third-order valence-corrected chi connectivity index (χ3v) is 3.96. The molecule has 1 amide bonds. The van der Waals surface area contributed by atoms with Crippen LogP contribution in [-0.4, -0.2) is 27.1 Å². The number of carbonyl (C=O) groups excluding carboxylic acids is 1. The van der Waals surface area contributed by atoms with E-state index in [9.17, 15) is 22.0 Å². The van der Waals surface area contributed by atoms with Gasteiger partial charge in [-0.25, -0.2) is 17.2 Å². The van der Waals surface area contributed by atoms with Crippen molar-refractivity contribution in [2.45, 2.75) is 11.3 Å². The van der Waals surface area contributed by atoms with Gasteiger partial charge in [0.05, 0.1) is 5.75 Å². The molecule has 0 aromatic heterocycles. The van der Waals surface area contributed by atoms with E-state index >= 15 is 0 Å². The predicted octanol–water partition coefficient (Wildman–Crippen LogP) is 0.457. The lowest BCUT2D eigenvalue weighted by Crippen LogP contribution is -2.22. The molecule has 0 fully saturated rings. The number of nitrogens with two attached hydrogens (primary N) is 1. The summed E-state index contributed by atoms with van der Waals surface area (Å²) in [5, 5.41) is 2.22. The Labute approximate surface area is 103 Å². The van der Waals surface area contributed by atoms with E-state index in [1.165, 1.54) is 7.05 Å². The Morgan fingerprint density at radius 3 is 2.28 bits per heavy atom. The van der Waals surface area contributed by atoms with Crippen LogP contribution in [-0.2, 0) is 14.6 Å². The smallest absolute Gasteiger partial charge is 0.220 e. The molecule has 0 aliphatic rings. The number of benzene rings is 1. The molecule has 0 spiro atoms. The van der Waals surface area contributed by atoms with Crippen LogP contribution in [0.5, 0.6) is 0 Å². The fraction of sp³-hybridized carbons (Fsp3) is 0.300. The monoisotopic (exact) mass is 278 g/mol. The van der Waals surface area contributed by atoms with Crippen molar-refractivity contribution in [1.29, 1.82) is 0 Å². The summed E-state index contributed by atoms with van der Waals surface area (Å²) in [6.45, 7) is 0. The standard InChI is InChI=1S/C10H12F2N2O3S/c1-14-9(15)2-3-18(16,17)10-7(11)4-6(13)5-8(10)12/h4-5H,2-3,13H2,1H3,(H,14,15). The number of hydrogen-bond donors (Lipinski definition) is 2. The van der Waals surface area contributed by atoms with Crippen LogP contribution in [0.1, 0.15) is 6.42 Å². The van der Waals surface area contributed by atoms with Crippen molar-refractivity contribution in [1.82, 2.24) is 5.32 Å². The van der Waals surface area contributed by atoms with Crippen molar-refractivity contribution in [2.24, 2.45) is 0 Å². The first-order chi connectivity index (χ1) is 8.27. The van der Waals surface area contributed by atoms with E-state index in [4.69, 9.17) is 5.73 Å². The lowest BCUT2D eigenvalue weighted by molar-refractivity contribution is -0.120. The molecule has 0 aliphatic heterocycles. The van der Waals surface area contributed by atoms with Crippen LogP contribution >= 0.6 is 0 Å². The zero-order chi connectivity index (χ0) is 13.9. The van der Waals surface area contributed by atoms with Crippen LogP contribution in [0.25, 0.3) is 0 Å². The molecule has 5 nitrogen and oxygen atoms in total. The van der Waals surface area contributed by atoms with E-state index in [-0.39, 0.29) is 12.1 Å². The SMILES string of the molecule is CNC(=O)CCS(=O)(=O)c1c(F)cc(N)cc1F. The minimum absolute atomic E-state index is 0.213. The Morgan fingerprint density at radius 2 is 1.83 bits per heavy atom. The van der Waals surface area contributed by atoms with Gasteiger partial charge in [0.25, 0.3) is 0 Å². The normalized spacial score (nSPS) is 11.3. The predicted molar refractivity (Wildman–Crippen MR) is 61.5 cm³/mol. The Hall–Kier alpha value is -1.70. The summed E-state index contributed by atoms with van der Waals surface area (Å²) in [4.78, 5) is 9.88. The van der Waals surface area contributed by atoms with E-state index in [0.29, 0.717) is 0 Å². The van der Waals surface area contributed by atoms with E-state index in [1.54, 1.807) is 0 Å². The Morgan fingerprint density at radius 1 is 1.33 bits per heavy atom. The highest BCUT2D eigenvalue weighted by molar-refractivity contribution is 7.91. The molecule has 100 valence electrons. The van der Waals surface area contributed by atoms with Crippen LogP contribution in [0, 0.1) is 11.6 Å². The van der Waals surface area contributed by atoms with Crippen LogP contribution < -0.4 is 11.1 Å². The summed E-state index contributed by atoms with van der Waals surface area (Å²) in [6.07, 6.45) is -0.373. The quantitative estimate of drug-likeness (QED) is 0.783. The van der Waals surface area contributed by atoms with Gasteiger partial charge in [-0.15, -0.1) is 0 Å². The molecule has 0 saturated heterocycles. The Kier molecular flexibility index (Phi) is 4.23. The molecule has 1 aromatic rings. The molecular formula is C10H12F2N2O3S. The average Bonchev–Trinajstić information content (AvgIpc) is 2.24. The maximum Gasteiger partial charge on any atom is 0.220 e. The second-order valence-corrected chi connectivity index (χ2v) is 5.60. The zero-order valence-electron chi connectivity index (χ0n) is 9.54. The third-order valence-electron chi connectivity index (χ3n) is 2.21. The van der Waals surface area contributed by atoms with Crippen molar-refractivity contribution < 1.29 is 22.0 Å². The number of amides is 1. The molecule has 8 heteroatoms.